The molecule has 0 spiro atoms. The highest BCUT2D eigenvalue weighted by molar-refractivity contribution is 7.85. The quantitative estimate of drug-likeness (QED) is 0.226. The minimum atomic E-state index is -3.49. The summed E-state index contributed by atoms with van der Waals surface area (Å²) in [5.74, 6) is 1.27. The fourth-order valence-corrected chi connectivity index (χ4v) is 6.52. The van der Waals surface area contributed by atoms with Crippen LogP contribution >= 0.6 is 22.9 Å². The van der Waals surface area contributed by atoms with Gasteiger partial charge < -0.3 is 10.1 Å². The van der Waals surface area contributed by atoms with Crippen LogP contribution in [0.1, 0.15) is 22.6 Å². The van der Waals surface area contributed by atoms with E-state index in [4.69, 9.17) is 20.5 Å². The summed E-state index contributed by atoms with van der Waals surface area (Å²) >= 11 is 8.15. The average Bonchev–Trinajstić information content (AvgIpc) is 3.49. The van der Waals surface area contributed by atoms with Gasteiger partial charge in [-0.25, -0.2) is 9.97 Å². The molecule has 0 bridgehead atoms. The monoisotopic (exact) mass is 596 g/mol. The van der Waals surface area contributed by atoms with Gasteiger partial charge in [0.05, 0.1) is 41.2 Å². The van der Waals surface area contributed by atoms with E-state index in [2.05, 4.69) is 25.4 Å². The molecule has 4 aromatic heterocycles. The Hall–Kier alpha value is -3.58. The van der Waals surface area contributed by atoms with E-state index in [1.807, 2.05) is 49.5 Å². The SMILES string of the molecule is Cc1cccc(COc2ccc(Nc3ncnc4sc5c(c34)CCc3nn(CCOS(C)(=O)=O)cc3-5)cc2Cl)n1. The summed E-state index contributed by atoms with van der Waals surface area (Å²) in [5.41, 5.74) is 5.72. The maximum Gasteiger partial charge on any atom is 0.264 e. The van der Waals surface area contributed by atoms with Gasteiger partial charge in [-0.1, -0.05) is 17.7 Å². The number of ether oxygens (including phenoxy) is 1. The average molecular weight is 597 g/mol. The van der Waals surface area contributed by atoms with Gasteiger partial charge >= 0.3 is 0 Å². The number of anilines is 2. The molecular formula is C27H25ClN6O4S2. The third-order valence-electron chi connectivity index (χ3n) is 6.42. The first kappa shape index (κ1) is 26.6. The number of pyridine rings is 1. The lowest BCUT2D eigenvalue weighted by molar-refractivity contribution is 0.297. The molecule has 1 aromatic carbocycles. The van der Waals surface area contributed by atoms with Crippen LogP contribution in [0.15, 0.2) is 48.9 Å². The molecule has 1 aliphatic carbocycles. The predicted octanol–water partition coefficient (Wildman–Crippen LogP) is 5.31. The molecular weight excluding hydrogens is 572 g/mol. The minimum Gasteiger partial charge on any atom is -0.486 e. The lowest BCUT2D eigenvalue weighted by Gasteiger charge is -2.13. The molecule has 0 aliphatic heterocycles. The summed E-state index contributed by atoms with van der Waals surface area (Å²) in [6.45, 7) is 2.64. The van der Waals surface area contributed by atoms with Crippen LogP contribution in [0.5, 0.6) is 5.75 Å². The van der Waals surface area contributed by atoms with Crippen molar-refractivity contribution >= 4 is 54.8 Å². The maximum absolute atomic E-state index is 11.3. The van der Waals surface area contributed by atoms with Crippen LogP contribution in [0, 0.1) is 6.92 Å². The summed E-state index contributed by atoms with van der Waals surface area (Å²) in [5, 5.41) is 9.52. The summed E-state index contributed by atoms with van der Waals surface area (Å²) in [4.78, 5) is 15.5. The van der Waals surface area contributed by atoms with Gasteiger partial charge in [0.1, 0.15) is 29.3 Å². The Morgan fingerprint density at radius 2 is 2.05 bits per heavy atom. The number of thiophene rings is 1. The Labute approximate surface area is 240 Å². The molecule has 0 amide bonds. The summed E-state index contributed by atoms with van der Waals surface area (Å²) in [6.07, 6.45) is 6.09. The van der Waals surface area contributed by atoms with Gasteiger partial charge in [-0.2, -0.15) is 13.5 Å². The molecule has 6 rings (SSSR count). The number of nitrogens with zero attached hydrogens (tertiary/aromatic N) is 5. The second-order valence-corrected chi connectivity index (χ2v) is 12.5. The molecule has 206 valence electrons. The molecule has 0 fully saturated rings. The highest BCUT2D eigenvalue weighted by Crippen LogP contribution is 2.45. The van der Waals surface area contributed by atoms with E-state index < -0.39 is 10.1 Å². The first-order chi connectivity index (χ1) is 19.2. The lowest BCUT2D eigenvalue weighted by Crippen LogP contribution is -2.11. The van der Waals surface area contributed by atoms with Crippen molar-refractivity contribution in [2.75, 3.05) is 18.2 Å². The number of hydrogen-bond donors (Lipinski definition) is 1. The number of rotatable bonds is 9. The standard InChI is InChI=1S/C27H25ClN6O4S2/c1-16-4-3-5-18(31-16)14-37-23-9-6-17(12-21(23)28)32-26-24-19-7-8-22-20(25(19)39-27(24)30-15-29-26)13-34(33-22)10-11-38-40(2,35)36/h3-6,9,12-13,15H,7-8,10-11,14H2,1-2H3,(H,29,30,32). The number of fused-ring (bicyclic) bond motifs is 5. The molecule has 10 nitrogen and oxygen atoms in total. The van der Waals surface area contributed by atoms with E-state index in [-0.39, 0.29) is 6.61 Å². The number of nitrogens with one attached hydrogen (secondary N) is 1. The van der Waals surface area contributed by atoms with Crippen LogP contribution < -0.4 is 10.1 Å². The van der Waals surface area contributed by atoms with Crippen LogP contribution in [0.2, 0.25) is 5.02 Å². The lowest BCUT2D eigenvalue weighted by atomic mass is 9.95. The molecule has 40 heavy (non-hydrogen) atoms. The number of benzene rings is 1. The second kappa shape index (κ2) is 10.8. The Kier molecular flexibility index (Phi) is 7.17. The van der Waals surface area contributed by atoms with E-state index in [9.17, 15) is 8.42 Å². The van der Waals surface area contributed by atoms with Crippen LogP contribution in [0.3, 0.4) is 0 Å². The smallest absolute Gasteiger partial charge is 0.264 e. The van der Waals surface area contributed by atoms with Crippen molar-refractivity contribution in [3.05, 3.63) is 76.6 Å². The third-order valence-corrected chi connectivity index (χ3v) is 8.48. The highest BCUT2D eigenvalue weighted by atomic mass is 35.5. The zero-order valence-electron chi connectivity index (χ0n) is 21.7. The molecule has 4 heterocycles. The van der Waals surface area contributed by atoms with Gasteiger partial charge in [0.2, 0.25) is 0 Å². The Bertz CT molecular complexity index is 1840. The molecule has 0 atom stereocenters. The van der Waals surface area contributed by atoms with Crippen molar-refractivity contribution in [2.24, 2.45) is 0 Å². The zero-order valence-corrected chi connectivity index (χ0v) is 24.1. The Balaban J connectivity index is 1.23. The van der Waals surface area contributed by atoms with Crippen LogP contribution in [-0.2, 0) is 40.3 Å². The number of halogens is 1. The number of aromatic nitrogens is 5. The van der Waals surface area contributed by atoms with E-state index in [1.54, 1.807) is 22.3 Å². The van der Waals surface area contributed by atoms with Crippen LogP contribution in [0.25, 0.3) is 20.7 Å². The van der Waals surface area contributed by atoms with E-state index >= 15 is 0 Å². The zero-order chi connectivity index (χ0) is 27.9. The van der Waals surface area contributed by atoms with Gasteiger partial charge in [-0.3, -0.25) is 13.8 Å². The van der Waals surface area contributed by atoms with Crippen molar-refractivity contribution < 1.29 is 17.3 Å². The summed E-state index contributed by atoms with van der Waals surface area (Å²) in [7, 11) is -3.49. The molecule has 0 radical (unpaired) electrons. The first-order valence-corrected chi connectivity index (χ1v) is 15.5. The van der Waals surface area contributed by atoms with Crippen LogP contribution in [0.4, 0.5) is 11.5 Å². The molecule has 0 unspecified atom stereocenters. The topological polar surface area (TPSA) is 121 Å². The fourth-order valence-electron chi connectivity index (χ4n) is 4.68. The Morgan fingerprint density at radius 1 is 1.18 bits per heavy atom. The van der Waals surface area contributed by atoms with Crippen LogP contribution in [-0.4, -0.2) is 46.0 Å². The maximum atomic E-state index is 11.3. The van der Waals surface area contributed by atoms with Crippen molar-refractivity contribution in [1.29, 1.82) is 0 Å². The first-order valence-electron chi connectivity index (χ1n) is 12.5. The highest BCUT2D eigenvalue weighted by Gasteiger charge is 2.26. The molecule has 1 aliphatic rings. The van der Waals surface area contributed by atoms with Gasteiger partial charge in [0.25, 0.3) is 10.1 Å². The second-order valence-electron chi connectivity index (χ2n) is 9.42. The number of aryl methyl sites for hydroxylation is 3. The van der Waals surface area contributed by atoms with Crippen molar-refractivity contribution in [3.8, 4) is 16.2 Å². The van der Waals surface area contributed by atoms with Gasteiger partial charge in [-0.15, -0.1) is 11.3 Å². The van der Waals surface area contributed by atoms with E-state index in [0.29, 0.717) is 29.7 Å². The normalized spacial score (nSPS) is 12.8. The van der Waals surface area contributed by atoms with Crippen molar-refractivity contribution in [3.63, 3.8) is 0 Å². The molecule has 13 heteroatoms. The van der Waals surface area contributed by atoms with Gasteiger partial charge in [0, 0.05) is 28.0 Å². The molecule has 0 saturated heterocycles. The number of hydrogen-bond acceptors (Lipinski definition) is 10. The van der Waals surface area contributed by atoms with Gasteiger partial charge in [0.15, 0.2) is 0 Å². The Morgan fingerprint density at radius 3 is 2.85 bits per heavy atom. The van der Waals surface area contributed by atoms with Crippen molar-refractivity contribution in [2.45, 2.75) is 32.9 Å². The summed E-state index contributed by atoms with van der Waals surface area (Å²) in [6, 6.07) is 11.4. The third kappa shape index (κ3) is 5.66. The predicted molar refractivity (Wildman–Crippen MR) is 155 cm³/mol. The summed E-state index contributed by atoms with van der Waals surface area (Å²) < 4.78 is 35.1. The van der Waals surface area contributed by atoms with Crippen molar-refractivity contribution in [1.82, 2.24) is 24.7 Å². The molecule has 5 aromatic rings. The molecule has 0 saturated carbocycles. The molecule has 1 N–H and O–H groups in total. The van der Waals surface area contributed by atoms with E-state index in [1.165, 1.54) is 5.56 Å². The van der Waals surface area contributed by atoms with E-state index in [0.717, 1.165) is 62.5 Å². The minimum absolute atomic E-state index is 0.0351. The van der Waals surface area contributed by atoms with Gasteiger partial charge in [-0.05, 0) is 55.7 Å². The fraction of sp³-hybridized carbons (Fsp3) is 0.259. The largest absolute Gasteiger partial charge is 0.486 e.